The van der Waals surface area contributed by atoms with Gasteiger partial charge in [0.05, 0.1) is 0 Å². The van der Waals surface area contributed by atoms with Crippen molar-refractivity contribution in [3.05, 3.63) is 19.1 Å². The van der Waals surface area contributed by atoms with E-state index in [0.29, 0.717) is 12.0 Å². The van der Waals surface area contributed by atoms with Gasteiger partial charge in [-0.15, -0.1) is 0 Å². The Morgan fingerprint density at radius 1 is 1.60 bits per heavy atom. The third-order valence-electron chi connectivity index (χ3n) is 1.13. The summed E-state index contributed by atoms with van der Waals surface area (Å²) in [6.07, 6.45) is 2.32. The molecule has 0 spiro atoms. The topological polar surface area (TPSA) is 17.1 Å². The molecule has 0 aliphatic carbocycles. The van der Waals surface area contributed by atoms with Crippen LogP contribution in [-0.2, 0) is 37.5 Å². The molecule has 0 rings (SSSR count). The van der Waals surface area contributed by atoms with Crippen molar-refractivity contribution in [2.24, 2.45) is 0 Å². The van der Waals surface area contributed by atoms with E-state index < -0.39 is 0 Å². The molecule has 1 nitrogen and oxygen atoms in total. The van der Waals surface area contributed by atoms with E-state index in [2.05, 4.69) is 13.5 Å². The van der Waals surface area contributed by atoms with E-state index in [-0.39, 0.29) is 38.5 Å². The van der Waals surface area contributed by atoms with E-state index in [1.54, 1.807) is 6.92 Å². The second-order valence-corrected chi connectivity index (χ2v) is 2.16. The third-order valence-corrected chi connectivity index (χ3v) is 1.13. The molecule has 0 aromatic carbocycles. The van der Waals surface area contributed by atoms with Crippen LogP contribution >= 0.6 is 0 Å². The predicted molar refractivity (Wildman–Crippen MR) is 39.0 cm³/mol. The molecule has 0 amide bonds. The van der Waals surface area contributed by atoms with Gasteiger partial charge in [-0.2, -0.15) is 6.42 Å². The summed E-state index contributed by atoms with van der Waals surface area (Å²) in [5, 5.41) is 0. The van der Waals surface area contributed by atoms with Crippen LogP contribution in [0.2, 0.25) is 0 Å². The minimum Gasteiger partial charge on any atom is -0.343 e. The first kappa shape index (κ1) is 13.1. The molecule has 0 atom stereocenters. The Hall–Kier alpha value is 0.514. The van der Waals surface area contributed by atoms with Crippen molar-refractivity contribution in [3.8, 4) is 0 Å². The van der Waals surface area contributed by atoms with Crippen LogP contribution in [0.15, 0.2) is 12.2 Å². The molecule has 0 saturated carbocycles. The predicted octanol–water partition coefficient (Wildman–Crippen LogP) is 2.13. The SMILES string of the molecule is C=C(C)C(=O)CCC[CH2-].[Y]. The van der Waals surface area contributed by atoms with Gasteiger partial charge in [-0.25, -0.2) is 0 Å². The number of allylic oxidation sites excluding steroid dienone is 1. The minimum absolute atomic E-state index is 0. The van der Waals surface area contributed by atoms with Crippen LogP contribution in [0.5, 0.6) is 0 Å². The fraction of sp³-hybridized carbons (Fsp3) is 0.500. The van der Waals surface area contributed by atoms with Crippen molar-refractivity contribution in [2.75, 3.05) is 0 Å². The van der Waals surface area contributed by atoms with Crippen molar-refractivity contribution in [2.45, 2.75) is 26.2 Å². The van der Waals surface area contributed by atoms with Crippen LogP contribution in [0.4, 0.5) is 0 Å². The maximum atomic E-state index is 10.8. The Balaban J connectivity index is 0. The Bertz CT molecular complexity index is 118. The van der Waals surface area contributed by atoms with Gasteiger partial charge in [0.25, 0.3) is 0 Å². The quantitative estimate of drug-likeness (QED) is 0.517. The summed E-state index contributed by atoms with van der Waals surface area (Å²) in [5.74, 6) is 0.165. The molecule has 2 heteroatoms. The summed E-state index contributed by atoms with van der Waals surface area (Å²) in [7, 11) is 0. The standard InChI is InChI=1S/C8H13O.Y/c1-4-5-6-8(9)7(2)3;/h1-2,4-6H2,3H3;/q-1;. The monoisotopic (exact) mass is 214 g/mol. The van der Waals surface area contributed by atoms with Crippen LogP contribution in [0.1, 0.15) is 26.2 Å². The summed E-state index contributed by atoms with van der Waals surface area (Å²) in [5.41, 5.74) is 0.656. The first-order chi connectivity index (χ1) is 4.18. The van der Waals surface area contributed by atoms with E-state index in [1.807, 2.05) is 0 Å². The van der Waals surface area contributed by atoms with Gasteiger partial charge in [0.15, 0.2) is 5.78 Å². The Morgan fingerprint density at radius 3 is 2.40 bits per heavy atom. The molecule has 0 aromatic heterocycles. The molecule has 0 fully saturated rings. The van der Waals surface area contributed by atoms with Crippen LogP contribution in [0, 0.1) is 6.92 Å². The molecule has 0 aliphatic heterocycles. The van der Waals surface area contributed by atoms with E-state index in [9.17, 15) is 4.79 Å². The Kier molecular flexibility index (Phi) is 10.0. The molecule has 0 aliphatic rings. The van der Waals surface area contributed by atoms with Crippen LogP contribution in [0.25, 0.3) is 0 Å². The van der Waals surface area contributed by atoms with Crippen molar-refractivity contribution >= 4 is 5.78 Å². The molecule has 1 radical (unpaired) electrons. The Morgan fingerprint density at radius 2 is 2.10 bits per heavy atom. The van der Waals surface area contributed by atoms with Gasteiger partial charge in [0.1, 0.15) is 0 Å². The molecule has 0 unspecified atom stereocenters. The molecule has 0 aromatic rings. The van der Waals surface area contributed by atoms with E-state index in [0.717, 1.165) is 12.8 Å². The number of hydrogen-bond donors (Lipinski definition) is 0. The third kappa shape index (κ3) is 6.63. The number of unbranched alkanes of at least 4 members (excludes halogenated alkanes) is 1. The van der Waals surface area contributed by atoms with E-state index in [1.165, 1.54) is 0 Å². The first-order valence-electron chi connectivity index (χ1n) is 3.16. The van der Waals surface area contributed by atoms with Gasteiger partial charge in [-0.3, -0.25) is 4.79 Å². The summed E-state index contributed by atoms with van der Waals surface area (Å²) >= 11 is 0. The fourth-order valence-corrected chi connectivity index (χ4v) is 0.499. The number of Topliss-reactive ketones (excluding diaryl/α,β-unsaturated/α-hetero) is 1. The molecular weight excluding hydrogens is 201 g/mol. The minimum atomic E-state index is 0. The van der Waals surface area contributed by atoms with Crippen molar-refractivity contribution in [1.82, 2.24) is 0 Å². The zero-order valence-corrected chi connectivity index (χ0v) is 9.36. The zero-order chi connectivity index (χ0) is 7.28. The number of hydrogen-bond acceptors (Lipinski definition) is 1. The molecule has 0 saturated heterocycles. The molecule has 0 N–H and O–H groups in total. The normalized spacial score (nSPS) is 8.20. The summed E-state index contributed by atoms with van der Waals surface area (Å²) < 4.78 is 0. The van der Waals surface area contributed by atoms with Crippen LogP contribution in [0.3, 0.4) is 0 Å². The second-order valence-electron chi connectivity index (χ2n) is 2.16. The largest absolute Gasteiger partial charge is 0.343 e. The maximum absolute atomic E-state index is 10.8. The van der Waals surface area contributed by atoms with Gasteiger partial charge in [-0.1, -0.05) is 13.0 Å². The average Bonchev–Trinajstić information content (AvgIpc) is 1.82. The molecule has 55 valence electrons. The molecule has 0 bridgehead atoms. The first-order valence-corrected chi connectivity index (χ1v) is 3.16. The van der Waals surface area contributed by atoms with Crippen LogP contribution < -0.4 is 0 Å². The number of rotatable bonds is 4. The van der Waals surface area contributed by atoms with Crippen LogP contribution in [-0.4, -0.2) is 5.78 Å². The fourth-order valence-electron chi connectivity index (χ4n) is 0.499. The van der Waals surface area contributed by atoms with Crippen molar-refractivity contribution in [1.29, 1.82) is 0 Å². The van der Waals surface area contributed by atoms with Crippen molar-refractivity contribution < 1.29 is 37.5 Å². The zero-order valence-electron chi connectivity index (χ0n) is 6.52. The summed E-state index contributed by atoms with van der Waals surface area (Å²) in [4.78, 5) is 10.8. The number of carbonyl (C=O) groups is 1. The number of carbonyl (C=O) groups excluding carboxylic acids is 1. The average molecular weight is 214 g/mol. The number of ketones is 1. The second kappa shape index (κ2) is 7.62. The van der Waals surface area contributed by atoms with Gasteiger partial charge in [0.2, 0.25) is 0 Å². The van der Waals surface area contributed by atoms with Gasteiger partial charge in [-0.05, 0) is 12.5 Å². The van der Waals surface area contributed by atoms with E-state index in [4.69, 9.17) is 0 Å². The van der Waals surface area contributed by atoms with Crippen molar-refractivity contribution in [3.63, 3.8) is 0 Å². The molecule has 10 heavy (non-hydrogen) atoms. The molecule has 0 heterocycles. The van der Waals surface area contributed by atoms with Gasteiger partial charge in [0, 0.05) is 39.1 Å². The summed E-state index contributed by atoms with van der Waals surface area (Å²) in [6.45, 7) is 8.91. The maximum Gasteiger partial charge on any atom is 0.157 e. The Labute approximate surface area is 88.1 Å². The van der Waals surface area contributed by atoms with Gasteiger partial charge < -0.3 is 6.92 Å². The van der Waals surface area contributed by atoms with Gasteiger partial charge >= 0.3 is 0 Å². The smallest absolute Gasteiger partial charge is 0.157 e. The summed E-state index contributed by atoms with van der Waals surface area (Å²) in [6, 6.07) is 0. The molecular formula is C8H13OY-. The van der Waals surface area contributed by atoms with E-state index >= 15 is 0 Å².